The van der Waals surface area contributed by atoms with E-state index in [0.717, 1.165) is 64.0 Å². The molecule has 26 heavy (non-hydrogen) atoms. The fraction of sp³-hybridized carbons (Fsp3) is 0.750. The van der Waals surface area contributed by atoms with E-state index in [9.17, 15) is 9.59 Å². The summed E-state index contributed by atoms with van der Waals surface area (Å²) in [7, 11) is 0. The van der Waals surface area contributed by atoms with Gasteiger partial charge in [-0.1, -0.05) is 25.4 Å². The van der Waals surface area contributed by atoms with Crippen LogP contribution in [0, 0.1) is 12.3 Å². The predicted octanol–water partition coefficient (Wildman–Crippen LogP) is 3.19. The van der Waals surface area contributed by atoms with Crippen LogP contribution in [0.5, 0.6) is 0 Å². The average Bonchev–Trinajstić information content (AvgIpc) is 3.03. The standard InChI is InChI=1S/C20H31N3O3/c1-4-6-11-22-13-20(10-8-17(22)24)9-7-12-23(14-20)19(25)18-15(3)26-21-16(18)5-2/h4-14H2,1-3H3/t20-/m0/s1. The first-order valence-electron chi connectivity index (χ1n) is 10.0. The first-order chi connectivity index (χ1) is 12.5. The number of piperidine rings is 2. The maximum absolute atomic E-state index is 13.2. The van der Waals surface area contributed by atoms with Gasteiger partial charge in [0.05, 0.1) is 5.69 Å². The SMILES string of the molecule is CCCCN1C[C@]2(CCCN(C(=O)c3c(CC)noc3C)C2)CCC1=O. The fourth-order valence-electron chi connectivity index (χ4n) is 4.46. The fourth-order valence-corrected chi connectivity index (χ4v) is 4.46. The van der Waals surface area contributed by atoms with Gasteiger partial charge in [0.2, 0.25) is 5.91 Å². The van der Waals surface area contributed by atoms with Crippen molar-refractivity contribution < 1.29 is 14.1 Å². The second kappa shape index (κ2) is 7.80. The summed E-state index contributed by atoms with van der Waals surface area (Å²) in [6, 6.07) is 0. The van der Waals surface area contributed by atoms with Gasteiger partial charge in [-0.2, -0.15) is 0 Å². The number of aromatic nitrogens is 1. The number of nitrogens with zero attached hydrogens (tertiary/aromatic N) is 3. The number of hydrogen-bond donors (Lipinski definition) is 0. The van der Waals surface area contributed by atoms with Crippen LogP contribution in [0.15, 0.2) is 4.52 Å². The van der Waals surface area contributed by atoms with Crippen LogP contribution in [0.4, 0.5) is 0 Å². The molecule has 0 radical (unpaired) electrons. The van der Waals surface area contributed by atoms with Crippen LogP contribution < -0.4 is 0 Å². The van der Waals surface area contributed by atoms with Gasteiger partial charge in [0.1, 0.15) is 11.3 Å². The number of carbonyl (C=O) groups is 2. The molecule has 0 N–H and O–H groups in total. The molecule has 0 bridgehead atoms. The molecular weight excluding hydrogens is 330 g/mol. The first kappa shape index (κ1) is 18.9. The molecule has 1 atom stereocenters. The van der Waals surface area contributed by atoms with Crippen molar-refractivity contribution in [3.63, 3.8) is 0 Å². The van der Waals surface area contributed by atoms with Crippen LogP contribution >= 0.6 is 0 Å². The molecule has 1 aromatic heterocycles. The van der Waals surface area contributed by atoms with Crippen molar-refractivity contribution in [1.82, 2.24) is 15.0 Å². The number of likely N-dealkylation sites (tertiary alicyclic amines) is 2. The molecule has 0 aromatic carbocycles. The lowest BCUT2D eigenvalue weighted by molar-refractivity contribution is -0.139. The van der Waals surface area contributed by atoms with Gasteiger partial charge in [-0.3, -0.25) is 9.59 Å². The second-order valence-corrected chi connectivity index (χ2v) is 7.91. The zero-order chi connectivity index (χ0) is 18.7. The van der Waals surface area contributed by atoms with E-state index in [1.54, 1.807) is 0 Å². The third-order valence-corrected chi connectivity index (χ3v) is 5.96. The van der Waals surface area contributed by atoms with Crippen molar-refractivity contribution in [1.29, 1.82) is 0 Å². The monoisotopic (exact) mass is 361 g/mol. The molecule has 2 amide bonds. The van der Waals surface area contributed by atoms with Gasteiger partial charge in [0.15, 0.2) is 0 Å². The zero-order valence-electron chi connectivity index (χ0n) is 16.3. The summed E-state index contributed by atoms with van der Waals surface area (Å²) >= 11 is 0. The first-order valence-corrected chi connectivity index (χ1v) is 10.0. The van der Waals surface area contributed by atoms with Crippen LogP contribution in [0.3, 0.4) is 0 Å². The Labute approximate surface area is 155 Å². The quantitative estimate of drug-likeness (QED) is 0.808. The number of hydrogen-bond acceptors (Lipinski definition) is 4. The number of rotatable bonds is 5. The Kier molecular flexibility index (Phi) is 5.68. The highest BCUT2D eigenvalue weighted by atomic mass is 16.5. The Morgan fingerprint density at radius 1 is 1.27 bits per heavy atom. The van der Waals surface area contributed by atoms with Gasteiger partial charge in [0.25, 0.3) is 5.91 Å². The molecule has 0 unspecified atom stereocenters. The molecule has 2 saturated heterocycles. The Bertz CT molecular complexity index is 669. The summed E-state index contributed by atoms with van der Waals surface area (Å²) < 4.78 is 5.26. The van der Waals surface area contributed by atoms with Crippen molar-refractivity contribution in [2.45, 2.75) is 65.7 Å². The molecule has 3 rings (SSSR count). The van der Waals surface area contributed by atoms with Crippen molar-refractivity contribution in [2.24, 2.45) is 5.41 Å². The van der Waals surface area contributed by atoms with E-state index in [-0.39, 0.29) is 17.2 Å². The molecule has 1 aromatic rings. The predicted molar refractivity (Wildman–Crippen MR) is 98.9 cm³/mol. The van der Waals surface area contributed by atoms with Gasteiger partial charge in [-0.25, -0.2) is 0 Å². The van der Waals surface area contributed by atoms with E-state index < -0.39 is 0 Å². The summed E-state index contributed by atoms with van der Waals surface area (Å²) in [4.78, 5) is 29.4. The lowest BCUT2D eigenvalue weighted by Gasteiger charge is -2.48. The van der Waals surface area contributed by atoms with Crippen molar-refractivity contribution in [3.8, 4) is 0 Å². The van der Waals surface area contributed by atoms with Gasteiger partial charge < -0.3 is 14.3 Å². The summed E-state index contributed by atoms with van der Waals surface area (Å²) in [5, 5.41) is 4.03. The van der Waals surface area contributed by atoms with E-state index in [2.05, 4.69) is 12.1 Å². The molecule has 2 aliphatic rings. The van der Waals surface area contributed by atoms with Gasteiger partial charge in [-0.15, -0.1) is 0 Å². The minimum absolute atomic E-state index is 0.0386. The van der Waals surface area contributed by atoms with Crippen molar-refractivity contribution in [2.75, 3.05) is 26.2 Å². The Morgan fingerprint density at radius 3 is 2.81 bits per heavy atom. The molecular formula is C20H31N3O3. The van der Waals surface area contributed by atoms with Crippen LogP contribution in [-0.4, -0.2) is 52.9 Å². The lowest BCUT2D eigenvalue weighted by atomic mass is 9.73. The maximum Gasteiger partial charge on any atom is 0.259 e. The highest BCUT2D eigenvalue weighted by Gasteiger charge is 2.43. The lowest BCUT2D eigenvalue weighted by Crippen LogP contribution is -2.55. The van der Waals surface area contributed by atoms with Crippen LogP contribution in [-0.2, 0) is 11.2 Å². The van der Waals surface area contributed by atoms with E-state index in [1.807, 2.05) is 23.6 Å². The van der Waals surface area contributed by atoms with Crippen molar-refractivity contribution >= 4 is 11.8 Å². The highest BCUT2D eigenvalue weighted by Crippen LogP contribution is 2.39. The average molecular weight is 361 g/mol. The van der Waals surface area contributed by atoms with E-state index in [1.165, 1.54) is 0 Å². The summed E-state index contributed by atoms with van der Waals surface area (Å²) in [6.07, 6.45) is 6.41. The zero-order valence-corrected chi connectivity index (χ0v) is 16.3. The molecule has 0 saturated carbocycles. The third-order valence-electron chi connectivity index (χ3n) is 5.96. The molecule has 144 valence electrons. The third kappa shape index (κ3) is 3.64. The summed E-state index contributed by atoms with van der Waals surface area (Å²) in [5.74, 6) is 0.919. The number of unbranched alkanes of at least 4 members (excludes halogenated alkanes) is 1. The van der Waals surface area contributed by atoms with E-state index in [4.69, 9.17) is 4.52 Å². The van der Waals surface area contributed by atoms with Gasteiger partial charge >= 0.3 is 0 Å². The van der Waals surface area contributed by atoms with E-state index >= 15 is 0 Å². The second-order valence-electron chi connectivity index (χ2n) is 7.91. The van der Waals surface area contributed by atoms with Gasteiger partial charge in [0, 0.05) is 38.0 Å². The molecule has 2 fully saturated rings. The smallest absolute Gasteiger partial charge is 0.259 e. The van der Waals surface area contributed by atoms with Gasteiger partial charge in [-0.05, 0) is 39.0 Å². The Morgan fingerprint density at radius 2 is 2.08 bits per heavy atom. The van der Waals surface area contributed by atoms with Crippen LogP contribution in [0.2, 0.25) is 0 Å². The largest absolute Gasteiger partial charge is 0.361 e. The highest BCUT2D eigenvalue weighted by molar-refractivity contribution is 5.96. The Hall–Kier alpha value is -1.85. The maximum atomic E-state index is 13.2. The molecule has 6 heteroatoms. The molecule has 6 nitrogen and oxygen atoms in total. The van der Waals surface area contributed by atoms with E-state index in [0.29, 0.717) is 24.2 Å². The topological polar surface area (TPSA) is 66.7 Å². The number of amides is 2. The summed E-state index contributed by atoms with van der Waals surface area (Å²) in [5.41, 5.74) is 1.43. The normalized spacial score (nSPS) is 23.7. The molecule has 3 heterocycles. The number of aryl methyl sites for hydroxylation is 2. The Balaban J connectivity index is 1.75. The minimum Gasteiger partial charge on any atom is -0.361 e. The summed E-state index contributed by atoms with van der Waals surface area (Å²) in [6.45, 7) is 9.09. The van der Waals surface area contributed by atoms with Crippen molar-refractivity contribution in [3.05, 3.63) is 17.0 Å². The molecule has 0 aliphatic carbocycles. The number of carbonyl (C=O) groups excluding carboxylic acids is 2. The van der Waals surface area contributed by atoms with Crippen LogP contribution in [0.25, 0.3) is 0 Å². The van der Waals surface area contributed by atoms with Crippen LogP contribution in [0.1, 0.15) is 74.2 Å². The molecule has 2 aliphatic heterocycles. The molecule has 1 spiro atoms. The minimum atomic E-state index is 0.0386.